The highest BCUT2D eigenvalue weighted by atomic mass is 79.9. The molecule has 7 nitrogen and oxygen atoms in total. The Hall–Kier alpha value is -2.81. The zero-order valence-corrected chi connectivity index (χ0v) is 19.9. The lowest BCUT2D eigenvalue weighted by molar-refractivity contribution is 0.101. The fourth-order valence-corrected chi connectivity index (χ4v) is 3.85. The zero-order valence-electron chi connectivity index (χ0n) is 16.8. The summed E-state index contributed by atoms with van der Waals surface area (Å²) in [7, 11) is 0. The Balaban J connectivity index is 1.47. The van der Waals surface area contributed by atoms with E-state index in [0.717, 1.165) is 5.56 Å². The van der Waals surface area contributed by atoms with E-state index in [4.69, 9.17) is 32.5 Å². The second-order valence-corrected chi connectivity index (χ2v) is 8.58. The van der Waals surface area contributed by atoms with Crippen molar-refractivity contribution >= 4 is 50.9 Å². The molecule has 0 atom stereocenters. The third-order valence-electron chi connectivity index (χ3n) is 4.62. The van der Waals surface area contributed by atoms with Crippen LogP contribution in [0.4, 0.5) is 5.82 Å². The number of carbonyl (C=O) groups is 1. The van der Waals surface area contributed by atoms with Crippen LogP contribution in [0.15, 0.2) is 63.7 Å². The Morgan fingerprint density at radius 3 is 2.75 bits per heavy atom. The molecule has 1 N–H and O–H groups in total. The molecule has 0 saturated heterocycles. The minimum absolute atomic E-state index is 0.139. The van der Waals surface area contributed by atoms with Gasteiger partial charge in [-0.3, -0.25) is 9.48 Å². The Bertz CT molecular complexity index is 1260. The van der Waals surface area contributed by atoms with E-state index in [1.165, 1.54) is 0 Å². The number of halogens is 3. The van der Waals surface area contributed by atoms with Crippen LogP contribution in [0, 0.1) is 6.92 Å². The van der Waals surface area contributed by atoms with Crippen LogP contribution in [-0.2, 0) is 13.2 Å². The van der Waals surface area contributed by atoms with Crippen molar-refractivity contribution in [2.75, 3.05) is 5.32 Å². The number of anilines is 1. The van der Waals surface area contributed by atoms with Crippen LogP contribution in [0.3, 0.4) is 0 Å². The molecule has 0 aliphatic carbocycles. The summed E-state index contributed by atoms with van der Waals surface area (Å²) in [6.07, 6.45) is 1.74. The number of aryl methyl sites for hydroxylation is 1. The Morgan fingerprint density at radius 1 is 1.22 bits per heavy atom. The highest BCUT2D eigenvalue weighted by Gasteiger charge is 2.22. The topological polar surface area (TPSA) is 82.2 Å². The van der Waals surface area contributed by atoms with Crippen LogP contribution in [0.5, 0.6) is 5.75 Å². The van der Waals surface area contributed by atoms with Crippen molar-refractivity contribution in [3.63, 3.8) is 0 Å². The quantitative estimate of drug-likeness (QED) is 0.308. The molecular formula is C22H17BrCl2N4O3. The molecular weight excluding hydrogens is 519 g/mol. The van der Waals surface area contributed by atoms with Crippen molar-refractivity contribution in [3.05, 3.63) is 91.8 Å². The van der Waals surface area contributed by atoms with E-state index in [1.54, 1.807) is 29.9 Å². The highest BCUT2D eigenvalue weighted by Crippen LogP contribution is 2.25. The maximum absolute atomic E-state index is 12.9. The third-order valence-corrected chi connectivity index (χ3v) is 5.79. The first-order chi connectivity index (χ1) is 15.4. The van der Waals surface area contributed by atoms with E-state index in [1.807, 2.05) is 36.4 Å². The molecule has 1 amide bonds. The first-order valence-corrected chi connectivity index (χ1v) is 11.1. The van der Waals surface area contributed by atoms with Crippen molar-refractivity contribution in [1.29, 1.82) is 0 Å². The van der Waals surface area contributed by atoms with E-state index in [-0.39, 0.29) is 12.3 Å². The lowest BCUT2D eigenvalue weighted by atomic mass is 10.2. The molecule has 0 unspecified atom stereocenters. The molecule has 32 heavy (non-hydrogen) atoms. The number of nitrogens with zero attached hydrogens (tertiary/aromatic N) is 3. The molecule has 4 rings (SSSR count). The fraction of sp³-hybridized carbons (Fsp3) is 0.136. The number of carbonyl (C=O) groups excluding carboxylic acids is 1. The molecule has 10 heteroatoms. The van der Waals surface area contributed by atoms with Gasteiger partial charge in [-0.1, -0.05) is 52.6 Å². The summed E-state index contributed by atoms with van der Waals surface area (Å²) in [6, 6.07) is 14.6. The third kappa shape index (κ3) is 5.15. The molecule has 2 aromatic heterocycles. The van der Waals surface area contributed by atoms with E-state index >= 15 is 0 Å². The van der Waals surface area contributed by atoms with Gasteiger partial charge in [0.1, 0.15) is 18.1 Å². The first-order valence-electron chi connectivity index (χ1n) is 9.52. The van der Waals surface area contributed by atoms with Crippen LogP contribution in [0.1, 0.15) is 27.4 Å². The molecule has 4 aromatic rings. The SMILES string of the molecule is Cc1onc(C(=O)Nc2nn(Cc3ccc(Cl)cc3Cl)cc2Br)c1COc1ccccc1. The number of nitrogens with one attached hydrogen (secondary N) is 1. The van der Waals surface area contributed by atoms with Crippen molar-refractivity contribution < 1.29 is 14.1 Å². The van der Waals surface area contributed by atoms with Crippen molar-refractivity contribution in [1.82, 2.24) is 14.9 Å². The number of hydrogen-bond donors (Lipinski definition) is 1. The summed E-state index contributed by atoms with van der Waals surface area (Å²) in [6.45, 7) is 2.28. The second kappa shape index (κ2) is 9.77. The molecule has 0 saturated carbocycles. The van der Waals surface area contributed by atoms with Crippen LogP contribution in [0.25, 0.3) is 0 Å². The summed E-state index contributed by atoms with van der Waals surface area (Å²) in [5.41, 5.74) is 1.55. The molecule has 164 valence electrons. The minimum atomic E-state index is -0.455. The molecule has 0 aliphatic heterocycles. The molecule has 0 radical (unpaired) electrons. The number of aromatic nitrogens is 3. The van der Waals surface area contributed by atoms with Gasteiger partial charge in [-0.25, -0.2) is 0 Å². The van der Waals surface area contributed by atoms with Gasteiger partial charge in [-0.2, -0.15) is 5.10 Å². The summed E-state index contributed by atoms with van der Waals surface area (Å²) < 4.78 is 13.2. The smallest absolute Gasteiger partial charge is 0.279 e. The van der Waals surface area contributed by atoms with Crippen molar-refractivity contribution in [2.24, 2.45) is 0 Å². The Kier molecular flexibility index (Phi) is 6.83. The maximum atomic E-state index is 12.9. The fourth-order valence-electron chi connectivity index (χ4n) is 2.97. The summed E-state index contributed by atoms with van der Waals surface area (Å²) in [4.78, 5) is 12.9. The van der Waals surface area contributed by atoms with E-state index in [0.29, 0.717) is 44.0 Å². The average molecular weight is 536 g/mol. The number of para-hydroxylation sites is 1. The van der Waals surface area contributed by atoms with Gasteiger partial charge in [-0.05, 0) is 52.7 Å². The van der Waals surface area contributed by atoms with Crippen LogP contribution in [0.2, 0.25) is 10.0 Å². The van der Waals surface area contributed by atoms with Crippen LogP contribution < -0.4 is 10.1 Å². The Morgan fingerprint density at radius 2 is 2.00 bits per heavy atom. The highest BCUT2D eigenvalue weighted by molar-refractivity contribution is 9.10. The van der Waals surface area contributed by atoms with E-state index in [9.17, 15) is 4.79 Å². The Labute approximate surface area is 202 Å². The molecule has 0 spiro atoms. The largest absolute Gasteiger partial charge is 0.489 e. The van der Waals surface area contributed by atoms with E-state index < -0.39 is 5.91 Å². The molecule has 0 bridgehead atoms. The maximum Gasteiger partial charge on any atom is 0.279 e. The number of rotatable bonds is 7. The van der Waals surface area contributed by atoms with Gasteiger partial charge < -0.3 is 14.6 Å². The van der Waals surface area contributed by atoms with Gasteiger partial charge in [0.25, 0.3) is 5.91 Å². The second-order valence-electron chi connectivity index (χ2n) is 6.88. The summed E-state index contributed by atoms with van der Waals surface area (Å²) in [5, 5.41) is 12.2. The van der Waals surface area contributed by atoms with Crippen LogP contribution in [-0.4, -0.2) is 20.8 Å². The molecule has 2 heterocycles. The van der Waals surface area contributed by atoms with Gasteiger partial charge in [0, 0.05) is 16.2 Å². The summed E-state index contributed by atoms with van der Waals surface area (Å²) >= 11 is 15.6. The van der Waals surface area contributed by atoms with Gasteiger partial charge in [0.15, 0.2) is 11.5 Å². The van der Waals surface area contributed by atoms with Crippen molar-refractivity contribution in [2.45, 2.75) is 20.1 Å². The zero-order chi connectivity index (χ0) is 22.7. The number of ether oxygens (including phenoxy) is 1. The molecule has 2 aromatic carbocycles. The predicted octanol–water partition coefficient (Wildman–Crippen LogP) is 6.13. The monoisotopic (exact) mass is 534 g/mol. The van der Waals surface area contributed by atoms with Gasteiger partial charge in [0.05, 0.1) is 16.6 Å². The standard InChI is InChI=1S/C22H17BrCl2N4O3/c1-13-17(12-31-16-5-3-2-4-6-16)20(28-32-13)22(30)26-21-18(23)11-29(27-21)10-14-7-8-15(24)9-19(14)25/h2-9,11H,10,12H2,1H3,(H,26,27,30). The lowest BCUT2D eigenvalue weighted by Gasteiger charge is -2.07. The van der Waals surface area contributed by atoms with Crippen molar-refractivity contribution in [3.8, 4) is 5.75 Å². The summed E-state index contributed by atoms with van der Waals surface area (Å²) in [5.74, 6) is 1.08. The molecule has 0 aliphatic rings. The normalized spacial score (nSPS) is 10.9. The first kappa shape index (κ1) is 22.4. The number of benzene rings is 2. The van der Waals surface area contributed by atoms with Gasteiger partial charge >= 0.3 is 0 Å². The number of hydrogen-bond acceptors (Lipinski definition) is 5. The minimum Gasteiger partial charge on any atom is -0.489 e. The van der Waals surface area contributed by atoms with Gasteiger partial charge in [0.2, 0.25) is 0 Å². The number of amides is 1. The molecule has 0 fully saturated rings. The van der Waals surface area contributed by atoms with E-state index in [2.05, 4.69) is 31.5 Å². The average Bonchev–Trinajstić information content (AvgIpc) is 3.31. The lowest BCUT2D eigenvalue weighted by Crippen LogP contribution is -2.16. The predicted molar refractivity (Wildman–Crippen MR) is 125 cm³/mol. The van der Waals surface area contributed by atoms with Gasteiger partial charge in [-0.15, -0.1) is 0 Å². The van der Waals surface area contributed by atoms with Crippen LogP contribution >= 0.6 is 39.1 Å².